The second-order valence-electron chi connectivity index (χ2n) is 4.28. The van der Waals surface area contributed by atoms with Crippen LogP contribution >= 0.6 is 0 Å². The molecular formula is C13H26BrNO2. The highest BCUT2D eigenvalue weighted by Crippen LogP contribution is 2.07. The van der Waals surface area contributed by atoms with Crippen LogP contribution in [0.25, 0.3) is 0 Å². The topological polar surface area (TPSA) is 26.3 Å². The lowest BCUT2D eigenvalue weighted by atomic mass is 10.3. The number of esters is 1. The number of carbonyl (C=O) groups excluding carboxylic acids is 1. The van der Waals surface area contributed by atoms with Crippen LogP contribution in [0.4, 0.5) is 0 Å². The van der Waals surface area contributed by atoms with Crippen LogP contribution in [-0.4, -0.2) is 43.2 Å². The van der Waals surface area contributed by atoms with Crippen LogP contribution in [0.1, 0.15) is 34.1 Å². The molecule has 0 aliphatic rings. The summed E-state index contributed by atoms with van der Waals surface area (Å²) in [6, 6.07) is 0. The van der Waals surface area contributed by atoms with E-state index in [1.165, 1.54) is 0 Å². The number of ether oxygens (including phenoxy) is 1. The SMILES string of the molecule is C=C(C)C(=O)OCCC[N+](CC)(CC)CC.[Br-]. The van der Waals surface area contributed by atoms with Gasteiger partial charge in [0.05, 0.1) is 32.8 Å². The molecule has 4 heteroatoms. The van der Waals surface area contributed by atoms with Crippen LogP contribution in [0, 0.1) is 0 Å². The maximum Gasteiger partial charge on any atom is 0.333 e. The molecule has 0 saturated carbocycles. The molecule has 0 aromatic heterocycles. The van der Waals surface area contributed by atoms with E-state index < -0.39 is 0 Å². The summed E-state index contributed by atoms with van der Waals surface area (Å²) in [4.78, 5) is 11.1. The van der Waals surface area contributed by atoms with Crippen molar-refractivity contribution in [3.63, 3.8) is 0 Å². The highest BCUT2D eigenvalue weighted by atomic mass is 79.9. The Hall–Kier alpha value is -0.350. The molecule has 0 aliphatic carbocycles. The first kappa shape index (κ1) is 19.0. The van der Waals surface area contributed by atoms with Gasteiger partial charge in [0.1, 0.15) is 0 Å². The van der Waals surface area contributed by atoms with Crippen LogP contribution in [0.15, 0.2) is 12.2 Å². The maximum atomic E-state index is 11.1. The van der Waals surface area contributed by atoms with E-state index in [4.69, 9.17) is 4.74 Å². The van der Waals surface area contributed by atoms with Crippen molar-refractivity contribution in [3.8, 4) is 0 Å². The highest BCUT2D eigenvalue weighted by molar-refractivity contribution is 5.86. The predicted molar refractivity (Wildman–Crippen MR) is 67.1 cm³/mol. The lowest BCUT2D eigenvalue weighted by molar-refractivity contribution is -0.923. The molecule has 0 atom stereocenters. The molecule has 0 fully saturated rings. The van der Waals surface area contributed by atoms with Gasteiger partial charge in [0.15, 0.2) is 0 Å². The van der Waals surface area contributed by atoms with Crippen molar-refractivity contribution in [2.45, 2.75) is 34.1 Å². The normalized spacial score (nSPS) is 10.6. The maximum absolute atomic E-state index is 11.1. The monoisotopic (exact) mass is 307 g/mol. The molecule has 0 aromatic rings. The van der Waals surface area contributed by atoms with E-state index in [0.29, 0.717) is 12.2 Å². The van der Waals surface area contributed by atoms with Gasteiger partial charge >= 0.3 is 5.97 Å². The van der Waals surface area contributed by atoms with Crippen LogP contribution in [0.5, 0.6) is 0 Å². The quantitative estimate of drug-likeness (QED) is 0.258. The minimum atomic E-state index is -0.275. The molecule has 0 N–H and O–H groups in total. The third-order valence-corrected chi connectivity index (χ3v) is 3.37. The summed E-state index contributed by atoms with van der Waals surface area (Å²) < 4.78 is 6.19. The molecule has 0 bridgehead atoms. The van der Waals surface area contributed by atoms with Gasteiger partial charge in [0.2, 0.25) is 0 Å². The number of hydrogen-bond donors (Lipinski definition) is 0. The summed E-state index contributed by atoms with van der Waals surface area (Å²) in [7, 11) is 0. The van der Waals surface area contributed by atoms with Gasteiger partial charge in [-0.15, -0.1) is 0 Å². The zero-order valence-corrected chi connectivity index (χ0v) is 13.2. The summed E-state index contributed by atoms with van der Waals surface area (Å²) in [6.07, 6.45) is 0.925. The number of carbonyl (C=O) groups is 1. The Labute approximate surface area is 116 Å². The Morgan fingerprint density at radius 3 is 2.00 bits per heavy atom. The van der Waals surface area contributed by atoms with E-state index in [1.54, 1.807) is 6.92 Å². The van der Waals surface area contributed by atoms with Gasteiger partial charge < -0.3 is 26.2 Å². The lowest BCUT2D eigenvalue weighted by Gasteiger charge is -2.35. The molecule has 0 unspecified atom stereocenters. The third kappa shape index (κ3) is 6.84. The Morgan fingerprint density at radius 2 is 1.65 bits per heavy atom. The van der Waals surface area contributed by atoms with Gasteiger partial charge in [-0.2, -0.15) is 0 Å². The molecule has 3 nitrogen and oxygen atoms in total. The van der Waals surface area contributed by atoms with Crippen LogP contribution in [-0.2, 0) is 9.53 Å². The second-order valence-corrected chi connectivity index (χ2v) is 4.28. The number of hydrogen-bond acceptors (Lipinski definition) is 2. The van der Waals surface area contributed by atoms with E-state index in [1.807, 2.05) is 0 Å². The smallest absolute Gasteiger partial charge is 0.333 e. The van der Waals surface area contributed by atoms with Gasteiger partial charge in [0.25, 0.3) is 0 Å². The van der Waals surface area contributed by atoms with Crippen molar-refractivity contribution in [2.24, 2.45) is 0 Å². The Kier molecular flexibility index (Phi) is 10.8. The molecule has 17 heavy (non-hydrogen) atoms. The highest BCUT2D eigenvalue weighted by Gasteiger charge is 2.19. The number of nitrogens with zero attached hydrogens (tertiary/aromatic N) is 1. The molecule has 0 heterocycles. The molecule has 0 spiro atoms. The number of quaternary nitrogens is 1. The first-order valence-electron chi connectivity index (χ1n) is 6.19. The van der Waals surface area contributed by atoms with Crippen LogP contribution < -0.4 is 17.0 Å². The number of rotatable bonds is 8. The van der Waals surface area contributed by atoms with Crippen molar-refractivity contribution in [1.82, 2.24) is 0 Å². The Balaban J connectivity index is 0. The van der Waals surface area contributed by atoms with Crippen LogP contribution in [0.2, 0.25) is 0 Å². The van der Waals surface area contributed by atoms with Crippen LogP contribution in [0.3, 0.4) is 0 Å². The fourth-order valence-corrected chi connectivity index (χ4v) is 1.83. The minimum absolute atomic E-state index is 0. The zero-order valence-electron chi connectivity index (χ0n) is 11.6. The molecule has 0 aromatic carbocycles. The average Bonchev–Trinajstić information content (AvgIpc) is 2.30. The fourth-order valence-electron chi connectivity index (χ4n) is 1.83. The lowest BCUT2D eigenvalue weighted by Crippen LogP contribution is -3.00. The fraction of sp³-hybridized carbons (Fsp3) is 0.769. The Bertz CT molecular complexity index is 229. The minimum Gasteiger partial charge on any atom is -1.00 e. The Morgan fingerprint density at radius 1 is 1.18 bits per heavy atom. The van der Waals surface area contributed by atoms with Gasteiger partial charge in [-0.3, -0.25) is 0 Å². The number of halogens is 1. The van der Waals surface area contributed by atoms with Gasteiger partial charge in [0, 0.05) is 12.0 Å². The molecule has 0 rings (SSSR count). The van der Waals surface area contributed by atoms with E-state index in [0.717, 1.165) is 37.1 Å². The summed E-state index contributed by atoms with van der Waals surface area (Å²) in [5.74, 6) is -0.275. The molecular weight excluding hydrogens is 282 g/mol. The van der Waals surface area contributed by atoms with E-state index in [9.17, 15) is 4.79 Å². The molecule has 0 radical (unpaired) electrons. The first-order valence-corrected chi connectivity index (χ1v) is 6.19. The summed E-state index contributed by atoms with van der Waals surface area (Å²) in [6.45, 7) is 16.9. The van der Waals surface area contributed by atoms with E-state index >= 15 is 0 Å². The van der Waals surface area contributed by atoms with Crippen molar-refractivity contribution in [1.29, 1.82) is 0 Å². The van der Waals surface area contributed by atoms with E-state index in [-0.39, 0.29) is 23.0 Å². The van der Waals surface area contributed by atoms with Gasteiger partial charge in [-0.25, -0.2) is 4.79 Å². The third-order valence-electron chi connectivity index (χ3n) is 3.37. The summed E-state index contributed by atoms with van der Waals surface area (Å²) >= 11 is 0. The summed E-state index contributed by atoms with van der Waals surface area (Å²) in [5, 5.41) is 0. The molecule has 102 valence electrons. The van der Waals surface area contributed by atoms with Gasteiger partial charge in [-0.1, -0.05) is 6.58 Å². The van der Waals surface area contributed by atoms with Gasteiger partial charge in [-0.05, 0) is 27.7 Å². The molecule has 0 saturated heterocycles. The van der Waals surface area contributed by atoms with Crippen molar-refractivity contribution in [3.05, 3.63) is 12.2 Å². The molecule has 0 aliphatic heterocycles. The second kappa shape index (κ2) is 9.66. The van der Waals surface area contributed by atoms with Crippen molar-refractivity contribution in [2.75, 3.05) is 32.8 Å². The first-order chi connectivity index (χ1) is 7.51. The summed E-state index contributed by atoms with van der Waals surface area (Å²) in [5.41, 5.74) is 0.474. The molecule has 0 amide bonds. The predicted octanol–water partition coefficient (Wildman–Crippen LogP) is -0.624. The van der Waals surface area contributed by atoms with Crippen molar-refractivity contribution < 1.29 is 31.0 Å². The average molecular weight is 308 g/mol. The van der Waals surface area contributed by atoms with E-state index in [2.05, 4.69) is 27.4 Å². The largest absolute Gasteiger partial charge is 1.00 e. The standard InChI is InChI=1S/C13H26NO2.BrH/c1-6-14(7-2,8-3)10-9-11-16-13(15)12(4)5;/h4,6-11H2,1-3,5H3;1H/q+1;/p-1. The zero-order chi connectivity index (χ0) is 12.6. The van der Waals surface area contributed by atoms with Crippen molar-refractivity contribution >= 4 is 5.97 Å².